The van der Waals surface area contributed by atoms with Crippen LogP contribution in [0.3, 0.4) is 0 Å². The molecule has 0 unspecified atom stereocenters. The van der Waals surface area contributed by atoms with E-state index in [2.05, 4.69) is 53.4 Å². The summed E-state index contributed by atoms with van der Waals surface area (Å²) < 4.78 is 5.32. The number of likely N-dealkylation sites (tertiary alicyclic amines) is 1. The van der Waals surface area contributed by atoms with Crippen LogP contribution in [0.1, 0.15) is 43.2 Å². The summed E-state index contributed by atoms with van der Waals surface area (Å²) in [5, 5.41) is 0. The van der Waals surface area contributed by atoms with Gasteiger partial charge in [0.25, 0.3) is 0 Å². The molecule has 0 amide bonds. The Morgan fingerprint density at radius 2 is 1.64 bits per heavy atom. The van der Waals surface area contributed by atoms with E-state index in [1.54, 1.807) is 0 Å². The van der Waals surface area contributed by atoms with Gasteiger partial charge in [-0.25, -0.2) is 0 Å². The smallest absolute Gasteiger partial charge is 0.323 e. The zero-order valence-corrected chi connectivity index (χ0v) is 14.9. The van der Waals surface area contributed by atoms with E-state index in [1.807, 2.05) is 19.1 Å². The monoisotopic (exact) mass is 337 g/mol. The number of benzene rings is 2. The second-order valence-corrected chi connectivity index (χ2v) is 6.63. The van der Waals surface area contributed by atoms with Crippen molar-refractivity contribution in [3.05, 3.63) is 71.8 Å². The maximum atomic E-state index is 12.4. The van der Waals surface area contributed by atoms with Crippen LogP contribution in [0.25, 0.3) is 0 Å². The summed E-state index contributed by atoms with van der Waals surface area (Å²) in [6, 6.07) is 21.1. The van der Waals surface area contributed by atoms with Gasteiger partial charge in [-0.3, -0.25) is 9.69 Å². The van der Waals surface area contributed by atoms with Crippen molar-refractivity contribution in [1.82, 2.24) is 4.90 Å². The highest BCUT2D eigenvalue weighted by Crippen LogP contribution is 2.29. The van der Waals surface area contributed by atoms with Gasteiger partial charge in [-0.1, -0.05) is 67.1 Å². The Bertz CT molecular complexity index is 617. The first kappa shape index (κ1) is 17.7. The van der Waals surface area contributed by atoms with Gasteiger partial charge in [0, 0.05) is 12.5 Å². The lowest BCUT2D eigenvalue weighted by Crippen LogP contribution is -2.47. The van der Waals surface area contributed by atoms with Crippen LogP contribution in [-0.2, 0) is 9.53 Å². The average Bonchev–Trinajstić information content (AvgIpc) is 2.68. The molecule has 1 saturated heterocycles. The van der Waals surface area contributed by atoms with Gasteiger partial charge in [0.2, 0.25) is 0 Å². The van der Waals surface area contributed by atoms with Crippen LogP contribution in [0.15, 0.2) is 60.7 Å². The SMILES string of the molecule is CCOC(=O)[C@H]1CCCCN1CC(c1ccccc1)c1ccccc1. The van der Waals surface area contributed by atoms with Crippen molar-refractivity contribution < 1.29 is 9.53 Å². The highest BCUT2D eigenvalue weighted by Gasteiger charge is 2.31. The number of hydrogen-bond acceptors (Lipinski definition) is 3. The normalized spacial score (nSPS) is 18.2. The maximum absolute atomic E-state index is 12.4. The van der Waals surface area contributed by atoms with E-state index in [9.17, 15) is 4.79 Å². The molecule has 0 spiro atoms. The number of piperidine rings is 1. The molecule has 2 aromatic rings. The first-order valence-corrected chi connectivity index (χ1v) is 9.30. The predicted octanol–water partition coefficient (Wildman–Crippen LogP) is 4.24. The molecule has 0 saturated carbocycles. The second-order valence-electron chi connectivity index (χ2n) is 6.63. The molecular weight excluding hydrogens is 310 g/mol. The Kier molecular flexibility index (Phi) is 6.24. The lowest BCUT2D eigenvalue weighted by atomic mass is 9.89. The molecule has 1 fully saturated rings. The highest BCUT2D eigenvalue weighted by atomic mass is 16.5. The Hall–Kier alpha value is -2.13. The molecule has 132 valence electrons. The first-order chi connectivity index (χ1) is 12.3. The molecule has 3 rings (SSSR count). The molecule has 0 N–H and O–H groups in total. The van der Waals surface area contributed by atoms with Crippen LogP contribution in [0, 0.1) is 0 Å². The summed E-state index contributed by atoms with van der Waals surface area (Å²) in [6.45, 7) is 4.13. The Morgan fingerprint density at radius 3 is 2.20 bits per heavy atom. The van der Waals surface area contributed by atoms with Crippen molar-refractivity contribution in [2.45, 2.75) is 38.1 Å². The van der Waals surface area contributed by atoms with Gasteiger partial charge in [0.1, 0.15) is 6.04 Å². The van der Waals surface area contributed by atoms with Crippen molar-refractivity contribution >= 4 is 5.97 Å². The van der Waals surface area contributed by atoms with Crippen molar-refractivity contribution in [1.29, 1.82) is 0 Å². The van der Waals surface area contributed by atoms with Crippen LogP contribution in [0.2, 0.25) is 0 Å². The van der Waals surface area contributed by atoms with Crippen LogP contribution in [-0.4, -0.2) is 36.6 Å². The molecule has 0 bridgehead atoms. The van der Waals surface area contributed by atoms with Gasteiger partial charge in [-0.2, -0.15) is 0 Å². The highest BCUT2D eigenvalue weighted by molar-refractivity contribution is 5.75. The van der Waals surface area contributed by atoms with Gasteiger partial charge >= 0.3 is 5.97 Å². The summed E-state index contributed by atoms with van der Waals surface area (Å²) in [4.78, 5) is 14.7. The molecule has 1 atom stereocenters. The van der Waals surface area contributed by atoms with E-state index in [-0.39, 0.29) is 17.9 Å². The van der Waals surface area contributed by atoms with E-state index < -0.39 is 0 Å². The number of rotatable bonds is 6. The third-order valence-corrected chi connectivity index (χ3v) is 4.99. The van der Waals surface area contributed by atoms with Crippen molar-refractivity contribution in [3.8, 4) is 0 Å². The molecule has 25 heavy (non-hydrogen) atoms. The summed E-state index contributed by atoms with van der Waals surface area (Å²) in [5.41, 5.74) is 2.59. The van der Waals surface area contributed by atoms with Gasteiger partial charge in [-0.05, 0) is 37.4 Å². The minimum atomic E-state index is -0.108. The Labute approximate surface area is 150 Å². The fourth-order valence-corrected chi connectivity index (χ4v) is 3.72. The second kappa shape index (κ2) is 8.82. The van der Waals surface area contributed by atoms with Crippen LogP contribution < -0.4 is 0 Å². The average molecular weight is 337 g/mol. The molecule has 3 heteroatoms. The zero-order chi connectivity index (χ0) is 17.5. The third kappa shape index (κ3) is 4.49. The topological polar surface area (TPSA) is 29.5 Å². The molecule has 2 aromatic carbocycles. The molecule has 1 aliphatic rings. The molecule has 1 aliphatic heterocycles. The minimum Gasteiger partial charge on any atom is -0.465 e. The number of nitrogens with zero attached hydrogens (tertiary/aromatic N) is 1. The van der Waals surface area contributed by atoms with Crippen LogP contribution in [0.4, 0.5) is 0 Å². The quantitative estimate of drug-likeness (QED) is 0.739. The predicted molar refractivity (Wildman–Crippen MR) is 101 cm³/mol. The van der Waals surface area contributed by atoms with Crippen LogP contribution >= 0.6 is 0 Å². The van der Waals surface area contributed by atoms with Gasteiger partial charge in [0.05, 0.1) is 6.61 Å². The number of esters is 1. The summed E-state index contributed by atoms with van der Waals surface area (Å²) >= 11 is 0. The Balaban J connectivity index is 1.85. The van der Waals surface area contributed by atoms with E-state index in [1.165, 1.54) is 11.1 Å². The van der Waals surface area contributed by atoms with E-state index in [4.69, 9.17) is 4.74 Å². The van der Waals surface area contributed by atoms with Gasteiger partial charge in [0.15, 0.2) is 0 Å². The van der Waals surface area contributed by atoms with E-state index in [0.717, 1.165) is 32.4 Å². The summed E-state index contributed by atoms with van der Waals surface area (Å²) in [5.74, 6) is 0.194. The van der Waals surface area contributed by atoms with Crippen LogP contribution in [0.5, 0.6) is 0 Å². The standard InChI is InChI=1S/C22H27NO2/c1-2-25-22(24)21-15-9-10-16-23(21)17-20(18-11-5-3-6-12-18)19-13-7-4-8-14-19/h3-8,11-14,20-21H,2,9-10,15-17H2,1H3/t21-/m1/s1. The lowest BCUT2D eigenvalue weighted by molar-refractivity contribution is -0.150. The van der Waals surface area contributed by atoms with Gasteiger partial charge < -0.3 is 4.74 Å². The summed E-state index contributed by atoms with van der Waals surface area (Å²) in [6.07, 6.45) is 3.14. The molecule has 3 nitrogen and oxygen atoms in total. The van der Waals surface area contributed by atoms with E-state index >= 15 is 0 Å². The lowest BCUT2D eigenvalue weighted by Gasteiger charge is -2.36. The molecule has 0 aliphatic carbocycles. The first-order valence-electron chi connectivity index (χ1n) is 9.30. The van der Waals surface area contributed by atoms with Crippen molar-refractivity contribution in [2.75, 3.05) is 19.7 Å². The Morgan fingerprint density at radius 1 is 1.04 bits per heavy atom. The molecule has 0 radical (unpaired) electrons. The fraction of sp³-hybridized carbons (Fsp3) is 0.409. The fourth-order valence-electron chi connectivity index (χ4n) is 3.72. The van der Waals surface area contributed by atoms with E-state index in [0.29, 0.717) is 6.61 Å². The number of hydrogen-bond donors (Lipinski definition) is 0. The van der Waals surface area contributed by atoms with Crippen molar-refractivity contribution in [3.63, 3.8) is 0 Å². The molecule has 0 aromatic heterocycles. The third-order valence-electron chi connectivity index (χ3n) is 4.99. The number of ether oxygens (including phenoxy) is 1. The molecule has 1 heterocycles. The number of carbonyl (C=O) groups excluding carboxylic acids is 1. The largest absolute Gasteiger partial charge is 0.465 e. The van der Waals surface area contributed by atoms with Crippen molar-refractivity contribution in [2.24, 2.45) is 0 Å². The van der Waals surface area contributed by atoms with Gasteiger partial charge in [-0.15, -0.1) is 0 Å². The number of carbonyl (C=O) groups is 1. The maximum Gasteiger partial charge on any atom is 0.323 e. The zero-order valence-electron chi connectivity index (χ0n) is 14.9. The summed E-state index contributed by atoms with van der Waals surface area (Å²) in [7, 11) is 0. The molecular formula is C22H27NO2. The minimum absolute atomic E-state index is 0.0675.